The summed E-state index contributed by atoms with van der Waals surface area (Å²) in [5, 5.41) is 14.9. The second-order valence-corrected chi connectivity index (χ2v) is 10.4. The molecule has 3 rings (SSSR count). The molecule has 0 bridgehead atoms. The Hall–Kier alpha value is -2.44. The number of nitrogens with zero attached hydrogens (tertiary/aromatic N) is 3. The summed E-state index contributed by atoms with van der Waals surface area (Å²) in [6.45, 7) is 5.44. The van der Waals surface area contributed by atoms with Gasteiger partial charge < -0.3 is 9.84 Å². The first-order valence-corrected chi connectivity index (χ1v) is 11.8. The van der Waals surface area contributed by atoms with Crippen LogP contribution in [0.1, 0.15) is 24.1 Å². The summed E-state index contributed by atoms with van der Waals surface area (Å²) in [6, 6.07) is 7.37. The summed E-state index contributed by atoms with van der Waals surface area (Å²) in [7, 11) is -3.81. The lowest BCUT2D eigenvalue weighted by atomic mass is 10.3. The Morgan fingerprint density at radius 2 is 1.97 bits per heavy atom. The third kappa shape index (κ3) is 5.55. The lowest BCUT2D eigenvalue weighted by Gasteiger charge is -2.13. The van der Waals surface area contributed by atoms with Crippen molar-refractivity contribution in [1.82, 2.24) is 15.4 Å². The second kappa shape index (κ2) is 8.93. The van der Waals surface area contributed by atoms with Crippen molar-refractivity contribution in [2.24, 2.45) is 0 Å². The molecule has 2 heterocycles. The number of hydrogen-bond donors (Lipinski definition) is 2. The molecular weight excluding hydrogens is 434 g/mol. The van der Waals surface area contributed by atoms with Crippen LogP contribution in [-0.4, -0.2) is 34.9 Å². The quantitative estimate of drug-likeness (QED) is 0.497. The van der Waals surface area contributed by atoms with Crippen molar-refractivity contribution in [3.63, 3.8) is 0 Å². The first-order chi connectivity index (χ1) is 13.8. The van der Waals surface area contributed by atoms with E-state index in [-0.39, 0.29) is 21.9 Å². The van der Waals surface area contributed by atoms with Crippen molar-refractivity contribution in [3.8, 4) is 0 Å². The van der Waals surface area contributed by atoms with Gasteiger partial charge in [0.1, 0.15) is 10.8 Å². The molecule has 0 saturated heterocycles. The zero-order valence-electron chi connectivity index (χ0n) is 15.9. The number of amides is 1. The van der Waals surface area contributed by atoms with E-state index in [2.05, 4.69) is 25.4 Å². The third-order valence-corrected chi connectivity index (χ3v) is 7.37. The predicted molar refractivity (Wildman–Crippen MR) is 112 cm³/mol. The third-order valence-electron chi connectivity index (χ3n) is 3.71. The fourth-order valence-corrected chi connectivity index (χ4v) is 5.29. The van der Waals surface area contributed by atoms with Crippen LogP contribution in [0.4, 0.5) is 11.5 Å². The van der Waals surface area contributed by atoms with E-state index in [1.807, 2.05) is 13.8 Å². The minimum atomic E-state index is -3.81. The van der Waals surface area contributed by atoms with Crippen molar-refractivity contribution in [3.05, 3.63) is 41.1 Å². The average molecular weight is 454 g/mol. The molecule has 0 aliphatic rings. The summed E-state index contributed by atoms with van der Waals surface area (Å²) in [5.41, 5.74) is 0.499. The zero-order valence-corrected chi connectivity index (χ0v) is 18.3. The Morgan fingerprint density at radius 3 is 2.52 bits per heavy atom. The molecule has 1 amide bonds. The number of benzene rings is 1. The van der Waals surface area contributed by atoms with Gasteiger partial charge in [-0.05, 0) is 44.5 Å². The van der Waals surface area contributed by atoms with Gasteiger partial charge in [0.25, 0.3) is 10.0 Å². The SMILES string of the molecule is CCC(Sc1nnc(C)s1)C(=O)Nc1ccc(S(=O)(=O)Nc2cc(C)on2)cc1. The minimum absolute atomic E-state index is 0.0434. The highest BCUT2D eigenvalue weighted by Crippen LogP contribution is 2.29. The smallest absolute Gasteiger partial charge is 0.263 e. The molecule has 29 heavy (non-hydrogen) atoms. The van der Waals surface area contributed by atoms with E-state index in [0.717, 1.165) is 9.35 Å². The average Bonchev–Trinajstić information content (AvgIpc) is 3.27. The van der Waals surface area contributed by atoms with Gasteiger partial charge in [-0.3, -0.25) is 9.52 Å². The number of sulfonamides is 1. The Bertz CT molecular complexity index is 1090. The van der Waals surface area contributed by atoms with Gasteiger partial charge in [-0.15, -0.1) is 10.2 Å². The maximum Gasteiger partial charge on any atom is 0.263 e. The van der Waals surface area contributed by atoms with E-state index < -0.39 is 10.0 Å². The Balaban J connectivity index is 1.65. The molecule has 0 fully saturated rings. The van der Waals surface area contributed by atoms with Gasteiger partial charge in [0.15, 0.2) is 10.2 Å². The fourth-order valence-electron chi connectivity index (χ4n) is 2.32. The van der Waals surface area contributed by atoms with Gasteiger partial charge >= 0.3 is 0 Å². The maximum atomic E-state index is 12.6. The normalized spacial score (nSPS) is 12.5. The molecule has 0 spiro atoms. The van der Waals surface area contributed by atoms with Gasteiger partial charge in [0, 0.05) is 11.8 Å². The molecule has 0 saturated carbocycles. The summed E-state index contributed by atoms with van der Waals surface area (Å²) in [6.07, 6.45) is 0.614. The Kier molecular flexibility index (Phi) is 6.55. The number of aromatic nitrogens is 3. The van der Waals surface area contributed by atoms with E-state index in [0.29, 0.717) is 17.9 Å². The van der Waals surface area contributed by atoms with Gasteiger partial charge in [0.05, 0.1) is 10.1 Å². The van der Waals surface area contributed by atoms with Gasteiger partial charge in [0.2, 0.25) is 5.91 Å². The molecule has 3 aromatic rings. The molecule has 12 heteroatoms. The number of carbonyl (C=O) groups is 1. The zero-order chi connectivity index (χ0) is 21.0. The highest BCUT2D eigenvalue weighted by atomic mass is 32.2. The van der Waals surface area contributed by atoms with Crippen LogP contribution in [0, 0.1) is 13.8 Å². The fraction of sp³-hybridized carbons (Fsp3) is 0.294. The predicted octanol–water partition coefficient (Wildman–Crippen LogP) is 3.45. The van der Waals surface area contributed by atoms with Crippen molar-refractivity contribution in [2.75, 3.05) is 10.0 Å². The molecule has 1 unspecified atom stereocenters. The lowest BCUT2D eigenvalue weighted by molar-refractivity contribution is -0.115. The summed E-state index contributed by atoms with van der Waals surface area (Å²) < 4.78 is 32.7. The second-order valence-electron chi connectivity index (χ2n) is 6.04. The standard InChI is InChI=1S/C17H19N5O4S3/c1-4-14(28-17-20-19-11(3)27-17)16(23)18-12-5-7-13(8-6-12)29(24,25)22-15-9-10(2)26-21-15/h5-9,14H,4H2,1-3H3,(H,18,23)(H,21,22). The first kappa shape index (κ1) is 21.3. The van der Waals surface area contributed by atoms with E-state index in [1.165, 1.54) is 53.4 Å². The van der Waals surface area contributed by atoms with Crippen LogP contribution >= 0.6 is 23.1 Å². The Morgan fingerprint density at radius 1 is 1.24 bits per heavy atom. The van der Waals surface area contributed by atoms with Crippen LogP contribution in [0.3, 0.4) is 0 Å². The molecule has 2 aromatic heterocycles. The molecule has 2 N–H and O–H groups in total. The van der Waals surface area contributed by atoms with Crippen molar-refractivity contribution >= 4 is 50.5 Å². The monoisotopic (exact) mass is 453 g/mol. The number of anilines is 2. The highest BCUT2D eigenvalue weighted by Gasteiger charge is 2.21. The first-order valence-electron chi connectivity index (χ1n) is 8.60. The van der Waals surface area contributed by atoms with Crippen LogP contribution in [0.15, 0.2) is 44.1 Å². The van der Waals surface area contributed by atoms with E-state index in [4.69, 9.17) is 4.52 Å². The molecular formula is C17H19N5O4S3. The minimum Gasteiger partial charge on any atom is -0.360 e. The van der Waals surface area contributed by atoms with E-state index in [9.17, 15) is 13.2 Å². The van der Waals surface area contributed by atoms with Crippen LogP contribution in [-0.2, 0) is 14.8 Å². The summed E-state index contributed by atoms with van der Waals surface area (Å²) in [4.78, 5) is 12.6. The van der Waals surface area contributed by atoms with Gasteiger partial charge in [-0.2, -0.15) is 0 Å². The molecule has 1 aromatic carbocycles. The molecule has 154 valence electrons. The topological polar surface area (TPSA) is 127 Å². The number of thioether (sulfide) groups is 1. The number of nitrogens with one attached hydrogen (secondary N) is 2. The summed E-state index contributed by atoms with van der Waals surface area (Å²) in [5.74, 6) is 0.416. The van der Waals surface area contributed by atoms with Crippen LogP contribution in [0.2, 0.25) is 0 Å². The van der Waals surface area contributed by atoms with E-state index >= 15 is 0 Å². The molecule has 9 nitrogen and oxygen atoms in total. The molecule has 0 radical (unpaired) electrons. The van der Waals surface area contributed by atoms with Crippen LogP contribution in [0.5, 0.6) is 0 Å². The molecule has 1 atom stereocenters. The van der Waals surface area contributed by atoms with E-state index in [1.54, 1.807) is 6.92 Å². The molecule has 0 aliphatic carbocycles. The molecule has 0 aliphatic heterocycles. The number of aryl methyl sites for hydroxylation is 2. The highest BCUT2D eigenvalue weighted by molar-refractivity contribution is 8.02. The van der Waals surface area contributed by atoms with Crippen molar-refractivity contribution in [1.29, 1.82) is 0 Å². The van der Waals surface area contributed by atoms with Gasteiger partial charge in [-0.25, -0.2) is 8.42 Å². The number of carbonyl (C=O) groups excluding carboxylic acids is 1. The largest absolute Gasteiger partial charge is 0.360 e. The maximum absolute atomic E-state index is 12.6. The lowest BCUT2D eigenvalue weighted by Crippen LogP contribution is -2.24. The van der Waals surface area contributed by atoms with Crippen molar-refractivity contribution < 1.29 is 17.7 Å². The van der Waals surface area contributed by atoms with Crippen molar-refractivity contribution in [2.45, 2.75) is 41.7 Å². The Labute approximate surface area is 176 Å². The number of rotatable bonds is 8. The van der Waals surface area contributed by atoms with Crippen LogP contribution in [0.25, 0.3) is 0 Å². The van der Waals surface area contributed by atoms with Crippen LogP contribution < -0.4 is 10.0 Å². The van der Waals surface area contributed by atoms with Gasteiger partial charge in [-0.1, -0.05) is 35.2 Å². The summed E-state index contributed by atoms with van der Waals surface area (Å²) >= 11 is 2.80. The number of hydrogen-bond acceptors (Lipinski definition) is 9.